The van der Waals surface area contributed by atoms with Crippen molar-refractivity contribution in [2.75, 3.05) is 64.9 Å². The molecule has 4 aliphatic rings. The predicted molar refractivity (Wildman–Crippen MR) is 187 cm³/mol. The molecule has 3 atom stereocenters. The number of nitrogens with zero attached hydrogens (tertiary/aromatic N) is 7. The summed E-state index contributed by atoms with van der Waals surface area (Å²) >= 11 is 6.42. The van der Waals surface area contributed by atoms with Crippen LogP contribution in [0.3, 0.4) is 0 Å². The average Bonchev–Trinajstić information content (AvgIpc) is 3.81. The van der Waals surface area contributed by atoms with Gasteiger partial charge in [0.2, 0.25) is 5.91 Å². The zero-order chi connectivity index (χ0) is 34.7. The van der Waals surface area contributed by atoms with Crippen molar-refractivity contribution >= 4 is 45.0 Å². The molecule has 9 nitrogen and oxygen atoms in total. The summed E-state index contributed by atoms with van der Waals surface area (Å²) in [6.07, 6.45) is 7.06. The molecule has 0 bridgehead atoms. The fourth-order valence-corrected chi connectivity index (χ4v) is 8.60. The molecule has 0 saturated carbocycles. The number of rotatable bonds is 8. The minimum atomic E-state index is -0.931. The number of hydrogen-bond acceptors (Lipinski definition) is 8. The smallest absolute Gasteiger partial charge is 0.319 e. The predicted octanol–water partition coefficient (Wildman–Crippen LogP) is 5.89. The molecule has 50 heavy (non-hydrogen) atoms. The molecule has 6 heterocycles. The van der Waals surface area contributed by atoms with Crippen LogP contribution in [0.5, 0.6) is 6.01 Å². The first-order valence-corrected chi connectivity index (χ1v) is 17.6. The van der Waals surface area contributed by atoms with Crippen LogP contribution >= 0.6 is 11.6 Å². The molecule has 2 aromatic heterocycles. The van der Waals surface area contributed by atoms with Gasteiger partial charge in [0.15, 0.2) is 5.82 Å². The molecule has 13 heteroatoms. The monoisotopic (exact) mass is 705 g/mol. The third kappa shape index (κ3) is 5.84. The van der Waals surface area contributed by atoms with E-state index in [1.54, 1.807) is 30.3 Å². The summed E-state index contributed by atoms with van der Waals surface area (Å²) in [4.78, 5) is 35.1. The number of carbonyl (C=O) groups is 1. The van der Waals surface area contributed by atoms with Gasteiger partial charge in [-0.3, -0.25) is 14.7 Å². The van der Waals surface area contributed by atoms with E-state index < -0.39 is 23.3 Å². The second-order valence-electron chi connectivity index (χ2n) is 14.3. The number of halogens is 4. The molecule has 0 N–H and O–H groups in total. The fourth-order valence-electron chi connectivity index (χ4n) is 8.32. The van der Waals surface area contributed by atoms with Crippen LogP contribution in [0, 0.1) is 17.6 Å². The molecule has 262 valence electrons. The number of hydrogen-bond donors (Lipinski definition) is 0. The van der Waals surface area contributed by atoms with Gasteiger partial charge < -0.3 is 19.4 Å². The van der Waals surface area contributed by atoms with Crippen LogP contribution in [0.25, 0.3) is 32.9 Å². The molecule has 0 aliphatic carbocycles. The van der Waals surface area contributed by atoms with E-state index in [1.165, 1.54) is 12.3 Å². The van der Waals surface area contributed by atoms with Gasteiger partial charge in [-0.1, -0.05) is 41.9 Å². The number of likely N-dealkylation sites (tertiary alicyclic amines) is 2. The van der Waals surface area contributed by atoms with E-state index in [0.29, 0.717) is 65.9 Å². The maximum Gasteiger partial charge on any atom is 0.319 e. The lowest BCUT2D eigenvalue weighted by molar-refractivity contribution is -0.125. The van der Waals surface area contributed by atoms with Gasteiger partial charge >= 0.3 is 6.01 Å². The number of aromatic nitrogens is 3. The summed E-state index contributed by atoms with van der Waals surface area (Å²) in [6, 6.07) is 7.90. The average molecular weight is 706 g/mol. The number of ether oxygens (including phenoxy) is 1. The number of amides is 1. The summed E-state index contributed by atoms with van der Waals surface area (Å²) in [5, 5.41) is 1.23. The Balaban J connectivity index is 1.15. The lowest BCUT2D eigenvalue weighted by Crippen LogP contribution is -2.43. The lowest BCUT2D eigenvalue weighted by Gasteiger charge is -2.34. The number of benzene rings is 2. The Bertz CT molecular complexity index is 2010. The van der Waals surface area contributed by atoms with E-state index in [-0.39, 0.29) is 40.8 Å². The number of likely N-dealkylation sites (N-methyl/N-ethyl adjacent to an activating group) is 1. The van der Waals surface area contributed by atoms with E-state index in [0.717, 1.165) is 32.5 Å². The van der Waals surface area contributed by atoms with Crippen LogP contribution < -0.4 is 9.64 Å². The molecule has 4 aliphatic heterocycles. The minimum absolute atomic E-state index is 0.0127. The normalized spacial score (nSPS) is 24.5. The van der Waals surface area contributed by atoms with E-state index >= 15 is 4.39 Å². The van der Waals surface area contributed by atoms with Gasteiger partial charge in [-0.05, 0) is 50.4 Å². The van der Waals surface area contributed by atoms with Crippen molar-refractivity contribution in [1.82, 2.24) is 29.7 Å². The van der Waals surface area contributed by atoms with Crippen molar-refractivity contribution in [3.8, 4) is 17.3 Å². The molecule has 0 radical (unpaired) electrons. The number of fused-ring (bicyclic) bond motifs is 3. The molecule has 4 fully saturated rings. The first-order valence-electron chi connectivity index (χ1n) is 17.2. The van der Waals surface area contributed by atoms with Crippen molar-refractivity contribution in [3.05, 3.63) is 65.3 Å². The summed E-state index contributed by atoms with van der Waals surface area (Å²) in [5.41, 5.74) is -0.173. The summed E-state index contributed by atoms with van der Waals surface area (Å²) < 4.78 is 52.2. The largest absolute Gasteiger partial charge is 0.461 e. The van der Waals surface area contributed by atoms with Gasteiger partial charge in [0.25, 0.3) is 0 Å². The Kier molecular flexibility index (Phi) is 8.59. The van der Waals surface area contributed by atoms with Crippen LogP contribution in [0.1, 0.15) is 25.7 Å². The molecule has 2 aromatic carbocycles. The van der Waals surface area contributed by atoms with E-state index in [1.807, 2.05) is 22.9 Å². The number of alkyl halides is 1. The van der Waals surface area contributed by atoms with Gasteiger partial charge in [-0.2, -0.15) is 9.97 Å². The van der Waals surface area contributed by atoms with Crippen LogP contribution in [0.4, 0.5) is 19.0 Å². The van der Waals surface area contributed by atoms with Crippen LogP contribution in [0.2, 0.25) is 5.02 Å². The van der Waals surface area contributed by atoms with Gasteiger partial charge in [0.05, 0.1) is 15.9 Å². The molecule has 4 aromatic rings. The zero-order valence-corrected chi connectivity index (χ0v) is 28.8. The highest BCUT2D eigenvalue weighted by molar-refractivity contribution is 6.36. The standard InChI is InChI=1S/C37H39ClF3N7O2/c1-45-17-22(18-45)7-10-29(49)47-14-11-25(20-47)46(2)35-27-16-42-33(26-6-3-5-23-8-9-28(40)31(38)30(23)26)32(41)34(27)43-36(44-35)50-21-37-12-4-13-48(37)19-24(39)15-37/h3,5-10,16,22,24-25H,4,11-15,17-21H2,1-2H3/b10-7+/t24-,25-,37+/m1/s1. The third-order valence-corrected chi connectivity index (χ3v) is 11.4. The second kappa shape index (κ2) is 13.0. The number of carbonyl (C=O) groups excluding carboxylic acids is 1. The van der Waals surface area contributed by atoms with E-state index in [2.05, 4.69) is 26.8 Å². The Morgan fingerprint density at radius 2 is 1.98 bits per heavy atom. The minimum Gasteiger partial charge on any atom is -0.461 e. The molecular formula is C37H39ClF3N7O2. The molecular weight excluding hydrogens is 667 g/mol. The number of anilines is 1. The molecule has 4 saturated heterocycles. The fraction of sp³-hybridized carbons (Fsp3) is 0.459. The highest BCUT2D eigenvalue weighted by Gasteiger charge is 2.49. The summed E-state index contributed by atoms with van der Waals surface area (Å²) in [6.45, 7) is 4.29. The summed E-state index contributed by atoms with van der Waals surface area (Å²) in [5.74, 6) is -0.571. The summed E-state index contributed by atoms with van der Waals surface area (Å²) in [7, 11) is 3.92. The van der Waals surface area contributed by atoms with Crippen LogP contribution in [0.15, 0.2) is 48.7 Å². The van der Waals surface area contributed by atoms with Crippen molar-refractivity contribution in [2.24, 2.45) is 5.92 Å². The van der Waals surface area contributed by atoms with E-state index in [9.17, 15) is 13.6 Å². The van der Waals surface area contributed by atoms with E-state index in [4.69, 9.17) is 21.3 Å². The third-order valence-electron chi connectivity index (χ3n) is 11.0. The first kappa shape index (κ1) is 33.2. The van der Waals surface area contributed by atoms with Crippen molar-refractivity contribution < 1.29 is 22.7 Å². The van der Waals surface area contributed by atoms with Crippen molar-refractivity contribution in [3.63, 3.8) is 0 Å². The Morgan fingerprint density at radius 3 is 2.80 bits per heavy atom. The number of pyridine rings is 1. The van der Waals surface area contributed by atoms with Crippen LogP contribution in [-0.2, 0) is 4.79 Å². The SMILES string of the molecule is CN1CC(/C=C/C(=O)N2CC[C@@H](N(C)c3nc(OC[C@@]45CCCN4C[C@H](F)C5)nc4c(F)c(-c5cccc6ccc(F)c(Cl)c56)ncc34)C2)C1. The quantitative estimate of drug-likeness (QED) is 0.210. The van der Waals surface area contributed by atoms with Crippen LogP contribution in [-0.4, -0.2) is 113 Å². The zero-order valence-electron chi connectivity index (χ0n) is 28.1. The molecule has 0 spiro atoms. The first-order chi connectivity index (χ1) is 24.1. The van der Waals surface area contributed by atoms with Gasteiger partial charge in [-0.25, -0.2) is 13.2 Å². The molecule has 0 unspecified atom stereocenters. The highest BCUT2D eigenvalue weighted by Crippen LogP contribution is 2.42. The Labute approximate surface area is 293 Å². The van der Waals surface area contributed by atoms with Crippen molar-refractivity contribution in [1.29, 1.82) is 0 Å². The van der Waals surface area contributed by atoms with Gasteiger partial charge in [0, 0.05) is 75.3 Å². The Hall–Kier alpha value is -4.00. The molecule has 8 rings (SSSR count). The second-order valence-corrected chi connectivity index (χ2v) is 14.7. The van der Waals surface area contributed by atoms with Gasteiger partial charge in [0.1, 0.15) is 35.6 Å². The van der Waals surface area contributed by atoms with Gasteiger partial charge in [-0.15, -0.1) is 0 Å². The lowest BCUT2D eigenvalue weighted by atomic mass is 9.95. The maximum absolute atomic E-state index is 16.8. The topological polar surface area (TPSA) is 77.9 Å². The van der Waals surface area contributed by atoms with Crippen molar-refractivity contribution in [2.45, 2.75) is 43.4 Å². The molecule has 1 amide bonds. The maximum atomic E-state index is 16.8. The highest BCUT2D eigenvalue weighted by atomic mass is 35.5. The Morgan fingerprint density at radius 1 is 1.14 bits per heavy atom.